The first kappa shape index (κ1) is 11.6. The Kier molecular flexibility index (Phi) is 2.94. The highest BCUT2D eigenvalue weighted by Gasteiger charge is 2.49. The van der Waals surface area contributed by atoms with Crippen LogP contribution in [-0.2, 0) is 5.54 Å². The minimum Gasteiger partial charge on any atom is -0.390 e. The molecule has 1 atom stereocenters. The van der Waals surface area contributed by atoms with Gasteiger partial charge in [0.15, 0.2) is 0 Å². The second-order valence-electron chi connectivity index (χ2n) is 3.50. The van der Waals surface area contributed by atoms with Gasteiger partial charge in [0.05, 0.1) is 0 Å². The molecule has 1 heterocycles. The molecule has 0 amide bonds. The fourth-order valence-electron chi connectivity index (χ4n) is 1.24. The fourth-order valence-corrected chi connectivity index (χ4v) is 2.29. The van der Waals surface area contributed by atoms with Gasteiger partial charge < -0.3 is 10.8 Å². The van der Waals surface area contributed by atoms with E-state index in [4.69, 9.17) is 10.8 Å². The third-order valence-electron chi connectivity index (χ3n) is 2.29. The van der Waals surface area contributed by atoms with Crippen molar-refractivity contribution in [1.82, 2.24) is 0 Å². The molecule has 0 saturated heterocycles. The number of hydrogen-bond acceptors (Lipinski definition) is 3. The molecule has 3 N–H and O–H groups in total. The van der Waals surface area contributed by atoms with Gasteiger partial charge in [0.25, 0.3) is 5.92 Å². The maximum Gasteiger partial charge on any atom is 0.292 e. The minimum absolute atomic E-state index is 0.413. The lowest BCUT2D eigenvalue weighted by Crippen LogP contribution is -2.52. The molecule has 0 aromatic carbocycles. The second-order valence-corrected chi connectivity index (χ2v) is 4.41. The molecule has 0 aliphatic heterocycles. The lowest BCUT2D eigenvalue weighted by Gasteiger charge is -2.32. The van der Waals surface area contributed by atoms with Gasteiger partial charge in [-0.15, -0.1) is 11.3 Å². The number of nitrogens with two attached hydrogens (primary N) is 1. The van der Waals surface area contributed by atoms with Crippen LogP contribution >= 0.6 is 11.3 Å². The van der Waals surface area contributed by atoms with E-state index in [0.29, 0.717) is 4.88 Å². The molecule has 5 heteroatoms. The lowest BCUT2D eigenvalue weighted by molar-refractivity contribution is -0.107. The van der Waals surface area contributed by atoms with E-state index in [9.17, 15) is 8.78 Å². The highest BCUT2D eigenvalue weighted by atomic mass is 32.1. The van der Waals surface area contributed by atoms with Gasteiger partial charge in [-0.25, -0.2) is 8.78 Å². The van der Waals surface area contributed by atoms with Crippen molar-refractivity contribution in [2.75, 3.05) is 6.61 Å². The van der Waals surface area contributed by atoms with Crippen molar-refractivity contribution in [2.45, 2.75) is 25.3 Å². The zero-order chi connectivity index (χ0) is 11.0. The molecule has 14 heavy (non-hydrogen) atoms. The summed E-state index contributed by atoms with van der Waals surface area (Å²) in [7, 11) is 0. The van der Waals surface area contributed by atoms with Gasteiger partial charge in [-0.05, 0) is 30.9 Å². The molecule has 1 aromatic rings. The Morgan fingerprint density at radius 2 is 2.14 bits per heavy atom. The molecule has 0 aliphatic carbocycles. The third-order valence-corrected chi connectivity index (χ3v) is 3.55. The minimum atomic E-state index is -3.30. The van der Waals surface area contributed by atoms with Crippen LogP contribution in [0.5, 0.6) is 0 Å². The topological polar surface area (TPSA) is 46.2 Å². The Balaban J connectivity index is 3.14. The fraction of sp³-hybridized carbons (Fsp3) is 0.556. The van der Waals surface area contributed by atoms with E-state index in [-0.39, 0.29) is 0 Å². The molecule has 0 spiro atoms. The van der Waals surface area contributed by atoms with Crippen molar-refractivity contribution in [3.05, 3.63) is 21.9 Å². The van der Waals surface area contributed by atoms with Crippen LogP contribution in [0.15, 0.2) is 11.4 Å². The first-order valence-electron chi connectivity index (χ1n) is 4.15. The first-order valence-corrected chi connectivity index (χ1v) is 5.03. The summed E-state index contributed by atoms with van der Waals surface area (Å²) in [5.41, 5.74) is 4.50. The van der Waals surface area contributed by atoms with Crippen molar-refractivity contribution in [1.29, 1.82) is 0 Å². The average Bonchev–Trinajstić information content (AvgIpc) is 2.51. The predicted octanol–water partition coefficient (Wildman–Crippen LogP) is 1.86. The van der Waals surface area contributed by atoms with Crippen LogP contribution in [0, 0.1) is 6.92 Å². The predicted molar refractivity (Wildman–Crippen MR) is 52.6 cm³/mol. The summed E-state index contributed by atoms with van der Waals surface area (Å²) in [5.74, 6) is -3.30. The summed E-state index contributed by atoms with van der Waals surface area (Å²) in [6.45, 7) is 1.73. The highest BCUT2D eigenvalue weighted by molar-refractivity contribution is 7.10. The summed E-state index contributed by atoms with van der Waals surface area (Å²) in [6, 6.07) is 1.73. The molecule has 80 valence electrons. The van der Waals surface area contributed by atoms with Crippen LogP contribution in [0.25, 0.3) is 0 Å². The van der Waals surface area contributed by atoms with E-state index in [1.165, 1.54) is 18.3 Å². The average molecular weight is 221 g/mol. The zero-order valence-electron chi connectivity index (χ0n) is 8.05. The second kappa shape index (κ2) is 3.56. The summed E-state index contributed by atoms with van der Waals surface area (Å²) in [5, 5.41) is 10.3. The van der Waals surface area contributed by atoms with Crippen molar-refractivity contribution < 1.29 is 13.9 Å². The first-order chi connectivity index (χ1) is 6.33. The quantitative estimate of drug-likeness (QED) is 0.818. The standard InChI is InChI=1S/C9H13F2NOS/c1-6-3-4-14-7(6)8(2,12)9(10,11)5-13/h3-4,13H,5,12H2,1-2H3/t8-/m0/s1. The third kappa shape index (κ3) is 1.67. The smallest absolute Gasteiger partial charge is 0.292 e. The Labute approximate surface area is 85.4 Å². The largest absolute Gasteiger partial charge is 0.390 e. The van der Waals surface area contributed by atoms with E-state index < -0.39 is 18.1 Å². The molecule has 1 aromatic heterocycles. The van der Waals surface area contributed by atoms with Gasteiger partial charge >= 0.3 is 0 Å². The molecule has 0 aliphatic rings. The van der Waals surface area contributed by atoms with Crippen molar-refractivity contribution >= 4 is 11.3 Å². The van der Waals surface area contributed by atoms with Crippen LogP contribution < -0.4 is 5.73 Å². The van der Waals surface area contributed by atoms with Crippen LogP contribution in [0.4, 0.5) is 8.78 Å². The Bertz CT molecular complexity index is 322. The number of rotatable bonds is 3. The van der Waals surface area contributed by atoms with E-state index in [0.717, 1.165) is 5.56 Å². The van der Waals surface area contributed by atoms with E-state index in [1.807, 2.05) is 0 Å². The normalized spacial score (nSPS) is 16.7. The Hall–Kier alpha value is -0.520. The van der Waals surface area contributed by atoms with Crippen molar-refractivity contribution in [2.24, 2.45) is 5.73 Å². The molecule has 1 rings (SSSR count). The SMILES string of the molecule is Cc1ccsc1[C@](C)(N)C(F)(F)CO. The van der Waals surface area contributed by atoms with Gasteiger partial charge in [0.2, 0.25) is 0 Å². The molecule has 0 radical (unpaired) electrons. The number of hydrogen-bond donors (Lipinski definition) is 2. The van der Waals surface area contributed by atoms with Crippen LogP contribution in [0.3, 0.4) is 0 Å². The van der Waals surface area contributed by atoms with E-state index >= 15 is 0 Å². The number of halogens is 2. The zero-order valence-corrected chi connectivity index (χ0v) is 8.87. The Morgan fingerprint density at radius 3 is 2.50 bits per heavy atom. The molecular formula is C9H13F2NOS. The number of alkyl halides is 2. The monoisotopic (exact) mass is 221 g/mol. The summed E-state index contributed by atoms with van der Waals surface area (Å²) >= 11 is 1.18. The van der Waals surface area contributed by atoms with Gasteiger partial charge in [-0.3, -0.25) is 0 Å². The van der Waals surface area contributed by atoms with Crippen molar-refractivity contribution in [3.63, 3.8) is 0 Å². The van der Waals surface area contributed by atoms with Crippen molar-refractivity contribution in [3.8, 4) is 0 Å². The highest BCUT2D eigenvalue weighted by Crippen LogP contribution is 2.38. The van der Waals surface area contributed by atoms with E-state index in [1.54, 1.807) is 18.4 Å². The molecule has 0 fully saturated rings. The molecule has 0 bridgehead atoms. The number of aliphatic hydroxyl groups is 1. The summed E-state index contributed by atoms with van der Waals surface area (Å²) in [6.07, 6.45) is 0. The molecule has 2 nitrogen and oxygen atoms in total. The number of aliphatic hydroxyl groups excluding tert-OH is 1. The summed E-state index contributed by atoms with van der Waals surface area (Å²) in [4.78, 5) is 0.413. The number of aryl methyl sites for hydroxylation is 1. The van der Waals surface area contributed by atoms with Gasteiger partial charge in [0, 0.05) is 4.88 Å². The van der Waals surface area contributed by atoms with E-state index in [2.05, 4.69) is 0 Å². The molecule has 0 unspecified atom stereocenters. The molecule has 0 saturated carbocycles. The van der Waals surface area contributed by atoms with Gasteiger partial charge in [-0.1, -0.05) is 0 Å². The van der Waals surface area contributed by atoms with Crippen LogP contribution in [0.2, 0.25) is 0 Å². The number of thiophene rings is 1. The Morgan fingerprint density at radius 1 is 1.57 bits per heavy atom. The van der Waals surface area contributed by atoms with Gasteiger partial charge in [-0.2, -0.15) is 0 Å². The summed E-state index contributed by atoms with van der Waals surface area (Å²) < 4.78 is 26.6. The van der Waals surface area contributed by atoms with Crippen LogP contribution in [0.1, 0.15) is 17.4 Å². The van der Waals surface area contributed by atoms with Gasteiger partial charge in [0.1, 0.15) is 12.1 Å². The lowest BCUT2D eigenvalue weighted by atomic mass is 9.91. The maximum atomic E-state index is 13.3. The van der Waals surface area contributed by atoms with Crippen LogP contribution in [-0.4, -0.2) is 17.6 Å². The molecular weight excluding hydrogens is 208 g/mol. The maximum absolute atomic E-state index is 13.3.